The first-order valence-corrected chi connectivity index (χ1v) is 11.5. The van der Waals surface area contributed by atoms with E-state index in [2.05, 4.69) is 0 Å². The van der Waals surface area contributed by atoms with Crippen molar-refractivity contribution in [2.75, 3.05) is 31.1 Å². The van der Waals surface area contributed by atoms with E-state index in [1.54, 1.807) is 23.1 Å². The first kappa shape index (κ1) is 21.3. The van der Waals surface area contributed by atoms with Crippen LogP contribution >= 0.6 is 0 Å². The Morgan fingerprint density at radius 3 is 2.52 bits per heavy atom. The number of ether oxygens (including phenoxy) is 1. The SMILES string of the molecule is CCc1ccccc1OCC(=O)N1CCc2cc(S(=O)(=O)N(CC)CC)ccc21. The maximum atomic E-state index is 12.8. The number of hydrogen-bond donors (Lipinski definition) is 0. The molecule has 7 heteroatoms. The fourth-order valence-corrected chi connectivity index (χ4v) is 5.17. The molecule has 0 saturated heterocycles. The summed E-state index contributed by atoms with van der Waals surface area (Å²) in [5, 5.41) is 0. The van der Waals surface area contributed by atoms with Crippen LogP contribution in [0.15, 0.2) is 47.4 Å². The Morgan fingerprint density at radius 1 is 1.10 bits per heavy atom. The van der Waals surface area contributed by atoms with Gasteiger partial charge in [0, 0.05) is 25.3 Å². The van der Waals surface area contributed by atoms with E-state index in [0.717, 1.165) is 29.0 Å². The molecule has 0 N–H and O–H groups in total. The van der Waals surface area contributed by atoms with Crippen LogP contribution in [0.5, 0.6) is 5.75 Å². The second-order valence-electron chi connectivity index (χ2n) is 6.93. The number of sulfonamides is 1. The molecule has 1 aliphatic heterocycles. The monoisotopic (exact) mass is 416 g/mol. The van der Waals surface area contributed by atoms with E-state index in [1.807, 2.05) is 45.0 Å². The lowest BCUT2D eigenvalue weighted by atomic mass is 10.1. The molecule has 2 aromatic rings. The summed E-state index contributed by atoms with van der Waals surface area (Å²) in [7, 11) is -3.51. The highest BCUT2D eigenvalue weighted by Crippen LogP contribution is 2.31. The Labute approximate surface area is 173 Å². The standard InChI is InChI=1S/C22H28N2O4S/c1-4-17-9-7-8-10-21(17)28-16-22(25)24-14-13-18-15-19(11-12-20(18)24)29(26,27)23(5-2)6-3/h7-12,15H,4-6,13-14,16H2,1-3H3. The topological polar surface area (TPSA) is 66.9 Å². The van der Waals surface area contributed by atoms with Crippen LogP contribution in [0.1, 0.15) is 31.9 Å². The summed E-state index contributed by atoms with van der Waals surface area (Å²) >= 11 is 0. The summed E-state index contributed by atoms with van der Waals surface area (Å²) in [6.07, 6.45) is 1.47. The van der Waals surface area contributed by atoms with Crippen molar-refractivity contribution in [1.29, 1.82) is 0 Å². The van der Waals surface area contributed by atoms with E-state index < -0.39 is 10.0 Å². The number of carbonyl (C=O) groups is 1. The fourth-order valence-electron chi connectivity index (χ4n) is 3.66. The van der Waals surface area contributed by atoms with Crippen molar-refractivity contribution >= 4 is 21.6 Å². The molecular formula is C22H28N2O4S. The number of para-hydroxylation sites is 1. The maximum absolute atomic E-state index is 12.8. The Balaban J connectivity index is 1.75. The highest BCUT2D eigenvalue weighted by Gasteiger charge is 2.28. The van der Waals surface area contributed by atoms with Gasteiger partial charge in [0.15, 0.2) is 6.61 Å². The van der Waals surface area contributed by atoms with Crippen molar-refractivity contribution in [2.45, 2.75) is 38.5 Å². The zero-order valence-electron chi connectivity index (χ0n) is 17.2. The average Bonchev–Trinajstić information content (AvgIpc) is 3.16. The summed E-state index contributed by atoms with van der Waals surface area (Å²) in [6, 6.07) is 12.7. The van der Waals surface area contributed by atoms with E-state index in [-0.39, 0.29) is 17.4 Å². The molecule has 0 bridgehead atoms. The van der Waals surface area contributed by atoms with Gasteiger partial charge < -0.3 is 9.64 Å². The van der Waals surface area contributed by atoms with Crippen molar-refractivity contribution in [3.8, 4) is 5.75 Å². The quantitative estimate of drug-likeness (QED) is 0.663. The number of fused-ring (bicyclic) bond motifs is 1. The molecule has 0 atom stereocenters. The van der Waals surface area contributed by atoms with E-state index in [1.165, 1.54) is 4.31 Å². The Bertz CT molecular complexity index is 984. The lowest BCUT2D eigenvalue weighted by molar-refractivity contribution is -0.120. The largest absolute Gasteiger partial charge is 0.483 e. The number of anilines is 1. The van der Waals surface area contributed by atoms with Gasteiger partial charge in [-0.2, -0.15) is 4.31 Å². The lowest BCUT2D eigenvalue weighted by Gasteiger charge is -2.20. The molecule has 0 unspecified atom stereocenters. The zero-order valence-corrected chi connectivity index (χ0v) is 18.0. The van der Waals surface area contributed by atoms with Crippen LogP contribution in [-0.2, 0) is 27.7 Å². The minimum absolute atomic E-state index is 0.0457. The van der Waals surface area contributed by atoms with Gasteiger partial charge >= 0.3 is 0 Å². The number of rotatable bonds is 8. The number of carbonyl (C=O) groups excluding carboxylic acids is 1. The molecule has 29 heavy (non-hydrogen) atoms. The smallest absolute Gasteiger partial charge is 0.264 e. The fraction of sp³-hybridized carbons (Fsp3) is 0.409. The third kappa shape index (κ3) is 4.31. The summed E-state index contributed by atoms with van der Waals surface area (Å²) in [6.45, 7) is 7.04. The van der Waals surface area contributed by atoms with Gasteiger partial charge in [-0.15, -0.1) is 0 Å². The maximum Gasteiger partial charge on any atom is 0.264 e. The Hall–Kier alpha value is -2.38. The molecule has 1 amide bonds. The highest BCUT2D eigenvalue weighted by atomic mass is 32.2. The predicted octanol–water partition coefficient (Wildman–Crippen LogP) is 3.25. The molecule has 2 aromatic carbocycles. The molecule has 156 valence electrons. The van der Waals surface area contributed by atoms with E-state index in [9.17, 15) is 13.2 Å². The van der Waals surface area contributed by atoms with Crippen LogP contribution in [0.4, 0.5) is 5.69 Å². The van der Waals surface area contributed by atoms with Crippen LogP contribution in [0.25, 0.3) is 0 Å². The zero-order chi connectivity index (χ0) is 21.0. The molecular weight excluding hydrogens is 388 g/mol. The van der Waals surface area contributed by atoms with Crippen molar-refractivity contribution in [2.24, 2.45) is 0 Å². The second kappa shape index (κ2) is 8.97. The third-order valence-electron chi connectivity index (χ3n) is 5.30. The molecule has 6 nitrogen and oxygen atoms in total. The highest BCUT2D eigenvalue weighted by molar-refractivity contribution is 7.89. The number of hydrogen-bond acceptors (Lipinski definition) is 4. The first-order chi connectivity index (χ1) is 13.9. The van der Waals surface area contributed by atoms with Gasteiger partial charge in [0.1, 0.15) is 5.75 Å². The van der Waals surface area contributed by atoms with Crippen LogP contribution in [-0.4, -0.2) is 44.9 Å². The normalized spacial score (nSPS) is 13.6. The molecule has 0 aromatic heterocycles. The average molecular weight is 417 g/mol. The Morgan fingerprint density at radius 2 is 1.83 bits per heavy atom. The van der Waals surface area contributed by atoms with Gasteiger partial charge in [-0.3, -0.25) is 4.79 Å². The van der Waals surface area contributed by atoms with Gasteiger partial charge in [0.05, 0.1) is 4.90 Å². The number of nitrogens with zero attached hydrogens (tertiary/aromatic N) is 2. The summed E-state index contributed by atoms with van der Waals surface area (Å²) < 4.78 is 32.7. The van der Waals surface area contributed by atoms with Crippen LogP contribution in [0.2, 0.25) is 0 Å². The van der Waals surface area contributed by atoms with Crippen LogP contribution in [0, 0.1) is 0 Å². The van der Waals surface area contributed by atoms with Crippen LogP contribution < -0.4 is 9.64 Å². The summed E-state index contributed by atoms with van der Waals surface area (Å²) in [5.74, 6) is 0.595. The predicted molar refractivity (Wildman–Crippen MR) is 114 cm³/mol. The van der Waals surface area contributed by atoms with E-state index >= 15 is 0 Å². The first-order valence-electron chi connectivity index (χ1n) is 10.1. The molecule has 1 aliphatic rings. The van der Waals surface area contributed by atoms with Gasteiger partial charge in [-0.25, -0.2) is 8.42 Å². The molecule has 0 aliphatic carbocycles. The van der Waals surface area contributed by atoms with Crippen molar-refractivity contribution < 1.29 is 17.9 Å². The minimum Gasteiger partial charge on any atom is -0.483 e. The molecule has 0 spiro atoms. The molecule has 3 rings (SSSR count). The van der Waals surface area contributed by atoms with Crippen LogP contribution in [0.3, 0.4) is 0 Å². The third-order valence-corrected chi connectivity index (χ3v) is 7.34. The van der Waals surface area contributed by atoms with E-state index in [4.69, 9.17) is 4.74 Å². The van der Waals surface area contributed by atoms with Crippen molar-refractivity contribution in [3.05, 3.63) is 53.6 Å². The molecule has 0 fully saturated rings. The van der Waals surface area contributed by atoms with Gasteiger partial charge in [0.25, 0.3) is 5.91 Å². The van der Waals surface area contributed by atoms with Gasteiger partial charge in [0.2, 0.25) is 10.0 Å². The number of amides is 1. The number of benzene rings is 2. The summed E-state index contributed by atoms with van der Waals surface area (Å²) in [5.41, 5.74) is 2.70. The molecule has 1 heterocycles. The van der Waals surface area contributed by atoms with Gasteiger partial charge in [-0.1, -0.05) is 39.0 Å². The molecule has 0 saturated carbocycles. The second-order valence-corrected chi connectivity index (χ2v) is 8.86. The Kier molecular flexibility index (Phi) is 6.59. The van der Waals surface area contributed by atoms with Crippen molar-refractivity contribution in [3.63, 3.8) is 0 Å². The van der Waals surface area contributed by atoms with Gasteiger partial charge in [-0.05, 0) is 48.2 Å². The number of aryl methyl sites for hydroxylation is 1. The summed E-state index contributed by atoms with van der Waals surface area (Å²) in [4.78, 5) is 14.7. The lowest BCUT2D eigenvalue weighted by Crippen LogP contribution is -2.33. The van der Waals surface area contributed by atoms with E-state index in [0.29, 0.717) is 26.1 Å². The molecule has 0 radical (unpaired) electrons. The van der Waals surface area contributed by atoms with Crippen molar-refractivity contribution in [1.82, 2.24) is 4.31 Å². The minimum atomic E-state index is -3.51.